The predicted molar refractivity (Wildman–Crippen MR) is 65.5 cm³/mol. The first-order valence-electron chi connectivity index (χ1n) is 5.52. The van der Waals surface area contributed by atoms with Crippen LogP contribution in [0, 0.1) is 5.92 Å². The Morgan fingerprint density at radius 1 is 1.60 bits per heavy atom. The molecule has 1 aliphatic rings. The fourth-order valence-electron chi connectivity index (χ4n) is 1.61. The molecular formula is C11H19N3S. The number of hydrogen-bond donors (Lipinski definition) is 1. The standard InChI is InChI=1S/C11H19N3S/c1-8(9-4-5-9)12-6-10-7-15-11(13-10)14(2)3/h7-9,12H,4-6H2,1-3H3. The van der Waals surface area contributed by atoms with E-state index in [0.717, 1.165) is 23.3 Å². The van der Waals surface area contributed by atoms with Crippen molar-refractivity contribution in [2.75, 3.05) is 19.0 Å². The molecule has 0 radical (unpaired) electrons. The van der Waals surface area contributed by atoms with Crippen LogP contribution in [0.4, 0.5) is 5.13 Å². The Labute approximate surface area is 95.5 Å². The van der Waals surface area contributed by atoms with Crippen LogP contribution in [0.2, 0.25) is 0 Å². The van der Waals surface area contributed by atoms with Gasteiger partial charge in [0, 0.05) is 32.1 Å². The first-order chi connectivity index (χ1) is 7.16. The van der Waals surface area contributed by atoms with Gasteiger partial charge in [0.05, 0.1) is 5.69 Å². The number of hydrogen-bond acceptors (Lipinski definition) is 4. The summed E-state index contributed by atoms with van der Waals surface area (Å²) in [4.78, 5) is 6.60. The van der Waals surface area contributed by atoms with Crippen molar-refractivity contribution in [3.8, 4) is 0 Å². The van der Waals surface area contributed by atoms with Crippen LogP contribution in [0.25, 0.3) is 0 Å². The summed E-state index contributed by atoms with van der Waals surface area (Å²) in [5.74, 6) is 0.914. The Kier molecular flexibility index (Phi) is 3.26. The largest absolute Gasteiger partial charge is 0.354 e. The molecule has 0 bridgehead atoms. The maximum atomic E-state index is 4.54. The maximum absolute atomic E-state index is 4.54. The Balaban J connectivity index is 1.82. The van der Waals surface area contributed by atoms with Gasteiger partial charge in [-0.05, 0) is 25.7 Å². The highest BCUT2D eigenvalue weighted by molar-refractivity contribution is 7.13. The van der Waals surface area contributed by atoms with Gasteiger partial charge in [0.1, 0.15) is 0 Å². The fraction of sp³-hybridized carbons (Fsp3) is 0.727. The van der Waals surface area contributed by atoms with Gasteiger partial charge in [-0.2, -0.15) is 0 Å². The number of nitrogens with zero attached hydrogens (tertiary/aromatic N) is 2. The minimum absolute atomic E-state index is 0.648. The predicted octanol–water partition coefficient (Wildman–Crippen LogP) is 2.10. The molecule has 1 saturated carbocycles. The summed E-state index contributed by atoms with van der Waals surface area (Å²) in [6, 6.07) is 0.648. The van der Waals surface area contributed by atoms with E-state index in [1.165, 1.54) is 12.8 Å². The first-order valence-corrected chi connectivity index (χ1v) is 6.40. The van der Waals surface area contributed by atoms with Crippen LogP contribution in [-0.4, -0.2) is 25.1 Å². The number of aromatic nitrogens is 1. The molecule has 1 heterocycles. The van der Waals surface area contributed by atoms with Crippen molar-refractivity contribution >= 4 is 16.5 Å². The molecule has 1 aromatic heterocycles. The molecule has 0 spiro atoms. The number of rotatable bonds is 5. The lowest BCUT2D eigenvalue weighted by molar-refractivity contribution is 0.493. The molecule has 1 aliphatic carbocycles. The molecular weight excluding hydrogens is 206 g/mol. The zero-order chi connectivity index (χ0) is 10.8. The van der Waals surface area contributed by atoms with Gasteiger partial charge >= 0.3 is 0 Å². The Morgan fingerprint density at radius 3 is 2.87 bits per heavy atom. The van der Waals surface area contributed by atoms with Crippen molar-refractivity contribution < 1.29 is 0 Å². The highest BCUT2D eigenvalue weighted by atomic mass is 32.1. The Hall–Kier alpha value is -0.610. The summed E-state index contributed by atoms with van der Waals surface area (Å²) in [5, 5.41) is 6.77. The van der Waals surface area contributed by atoms with E-state index >= 15 is 0 Å². The van der Waals surface area contributed by atoms with Crippen LogP contribution in [0.15, 0.2) is 5.38 Å². The van der Waals surface area contributed by atoms with E-state index in [1.54, 1.807) is 11.3 Å². The van der Waals surface area contributed by atoms with Crippen LogP contribution in [-0.2, 0) is 6.54 Å². The Morgan fingerprint density at radius 2 is 2.33 bits per heavy atom. The van der Waals surface area contributed by atoms with Crippen molar-refractivity contribution in [2.24, 2.45) is 5.92 Å². The van der Waals surface area contributed by atoms with Crippen LogP contribution in [0.5, 0.6) is 0 Å². The van der Waals surface area contributed by atoms with Crippen molar-refractivity contribution in [3.63, 3.8) is 0 Å². The molecule has 4 heteroatoms. The van der Waals surface area contributed by atoms with E-state index < -0.39 is 0 Å². The van der Waals surface area contributed by atoms with Crippen LogP contribution >= 0.6 is 11.3 Å². The lowest BCUT2D eigenvalue weighted by Gasteiger charge is -2.11. The van der Waals surface area contributed by atoms with E-state index in [0.29, 0.717) is 6.04 Å². The van der Waals surface area contributed by atoms with Gasteiger partial charge in [0.25, 0.3) is 0 Å². The fourth-order valence-corrected chi connectivity index (χ4v) is 2.37. The molecule has 15 heavy (non-hydrogen) atoms. The van der Waals surface area contributed by atoms with Crippen molar-refractivity contribution in [1.82, 2.24) is 10.3 Å². The summed E-state index contributed by atoms with van der Waals surface area (Å²) < 4.78 is 0. The molecule has 84 valence electrons. The van der Waals surface area contributed by atoms with Gasteiger partial charge in [-0.25, -0.2) is 4.98 Å². The van der Waals surface area contributed by atoms with E-state index in [4.69, 9.17) is 0 Å². The highest BCUT2D eigenvalue weighted by Gasteiger charge is 2.27. The third-order valence-corrected chi connectivity index (χ3v) is 3.91. The van der Waals surface area contributed by atoms with Crippen LogP contribution < -0.4 is 10.2 Å². The normalized spacial score (nSPS) is 17.8. The van der Waals surface area contributed by atoms with Gasteiger partial charge in [-0.1, -0.05) is 0 Å². The minimum Gasteiger partial charge on any atom is -0.354 e. The highest BCUT2D eigenvalue weighted by Crippen LogP contribution is 2.32. The maximum Gasteiger partial charge on any atom is 0.185 e. The van der Waals surface area contributed by atoms with Crippen molar-refractivity contribution in [1.29, 1.82) is 0 Å². The van der Waals surface area contributed by atoms with Gasteiger partial charge in [0.15, 0.2) is 5.13 Å². The minimum atomic E-state index is 0.648. The molecule has 1 unspecified atom stereocenters. The van der Waals surface area contributed by atoms with E-state index in [1.807, 2.05) is 14.1 Å². The van der Waals surface area contributed by atoms with E-state index in [2.05, 4.69) is 27.5 Å². The topological polar surface area (TPSA) is 28.2 Å². The summed E-state index contributed by atoms with van der Waals surface area (Å²) >= 11 is 1.71. The summed E-state index contributed by atoms with van der Waals surface area (Å²) in [6.45, 7) is 3.18. The van der Waals surface area contributed by atoms with E-state index in [-0.39, 0.29) is 0 Å². The van der Waals surface area contributed by atoms with Gasteiger partial charge in [-0.3, -0.25) is 0 Å². The molecule has 1 aromatic rings. The number of nitrogens with one attached hydrogen (secondary N) is 1. The second-order valence-electron chi connectivity index (χ2n) is 4.52. The van der Waals surface area contributed by atoms with E-state index in [9.17, 15) is 0 Å². The van der Waals surface area contributed by atoms with Gasteiger partial charge < -0.3 is 10.2 Å². The average molecular weight is 225 g/mol. The smallest absolute Gasteiger partial charge is 0.185 e. The number of anilines is 1. The van der Waals surface area contributed by atoms with Crippen molar-refractivity contribution in [2.45, 2.75) is 32.4 Å². The molecule has 0 amide bonds. The second-order valence-corrected chi connectivity index (χ2v) is 5.36. The number of thiazole rings is 1. The molecule has 0 saturated heterocycles. The molecule has 1 atom stereocenters. The van der Waals surface area contributed by atoms with Crippen LogP contribution in [0.3, 0.4) is 0 Å². The lowest BCUT2D eigenvalue weighted by Crippen LogP contribution is -2.27. The molecule has 3 nitrogen and oxygen atoms in total. The van der Waals surface area contributed by atoms with Crippen LogP contribution in [0.1, 0.15) is 25.5 Å². The lowest BCUT2D eigenvalue weighted by atomic mass is 10.2. The van der Waals surface area contributed by atoms with Crippen molar-refractivity contribution in [3.05, 3.63) is 11.1 Å². The molecule has 1 fully saturated rings. The molecule has 1 N–H and O–H groups in total. The summed E-state index contributed by atoms with van der Waals surface area (Å²) in [7, 11) is 4.06. The summed E-state index contributed by atoms with van der Waals surface area (Å²) in [6.07, 6.45) is 2.79. The third-order valence-electron chi connectivity index (χ3n) is 2.86. The zero-order valence-electron chi connectivity index (χ0n) is 9.66. The average Bonchev–Trinajstić information content (AvgIpc) is 2.93. The van der Waals surface area contributed by atoms with Gasteiger partial charge in [-0.15, -0.1) is 11.3 Å². The first kappa shape index (κ1) is 10.9. The third kappa shape index (κ3) is 2.92. The SMILES string of the molecule is CC(NCc1csc(N(C)C)n1)C1CC1. The molecule has 2 rings (SSSR count). The Bertz CT molecular complexity index is 317. The second kappa shape index (κ2) is 4.49. The van der Waals surface area contributed by atoms with Gasteiger partial charge in [0.2, 0.25) is 0 Å². The quantitative estimate of drug-likeness (QED) is 0.832. The zero-order valence-corrected chi connectivity index (χ0v) is 10.5. The molecule has 0 aliphatic heterocycles. The monoisotopic (exact) mass is 225 g/mol. The molecule has 0 aromatic carbocycles. The summed E-state index contributed by atoms with van der Waals surface area (Å²) in [5.41, 5.74) is 1.16.